The highest BCUT2D eigenvalue weighted by atomic mass is 79.9. The van der Waals surface area contributed by atoms with Crippen LogP contribution in [0.3, 0.4) is 0 Å². The van der Waals surface area contributed by atoms with Crippen LogP contribution in [0.15, 0.2) is 52.0 Å². The van der Waals surface area contributed by atoms with Gasteiger partial charge in [0.25, 0.3) is 0 Å². The molecule has 3 aromatic rings. The van der Waals surface area contributed by atoms with Crippen molar-refractivity contribution < 1.29 is 0 Å². The van der Waals surface area contributed by atoms with Gasteiger partial charge in [0.2, 0.25) is 0 Å². The Labute approximate surface area is 144 Å². The maximum Gasteiger partial charge on any atom is 0.140 e. The van der Waals surface area contributed by atoms with E-state index in [9.17, 15) is 0 Å². The quantitative estimate of drug-likeness (QED) is 0.547. The normalized spacial score (nSPS) is 11.2. The summed E-state index contributed by atoms with van der Waals surface area (Å²) >= 11 is 5.24. The van der Waals surface area contributed by atoms with Crippen LogP contribution < -0.4 is 0 Å². The van der Waals surface area contributed by atoms with Gasteiger partial charge in [-0.15, -0.1) is 11.8 Å². The predicted molar refractivity (Wildman–Crippen MR) is 98.8 cm³/mol. The fourth-order valence-electron chi connectivity index (χ4n) is 2.70. The summed E-state index contributed by atoms with van der Waals surface area (Å²) in [6.07, 6.45) is 6.29. The summed E-state index contributed by atoms with van der Waals surface area (Å²) in [5, 5.41) is 1.24. The minimum Gasteiger partial charge on any atom is -0.325 e. The second kappa shape index (κ2) is 6.88. The third-order valence-corrected chi connectivity index (χ3v) is 5.01. The molecule has 2 heterocycles. The maximum absolute atomic E-state index is 4.70. The third kappa shape index (κ3) is 3.23. The number of aryl methyl sites for hydroxylation is 1. The molecule has 114 valence electrons. The molecule has 0 aliphatic carbocycles. The zero-order chi connectivity index (χ0) is 15.5. The molecule has 0 saturated carbocycles. The first-order valence-electron chi connectivity index (χ1n) is 7.48. The van der Waals surface area contributed by atoms with Gasteiger partial charge in [-0.3, -0.25) is 0 Å². The van der Waals surface area contributed by atoms with Crippen molar-refractivity contribution in [3.63, 3.8) is 0 Å². The van der Waals surface area contributed by atoms with Crippen molar-refractivity contribution in [2.45, 2.75) is 31.2 Å². The lowest BCUT2D eigenvalue weighted by atomic mass is 10.2. The van der Waals surface area contributed by atoms with E-state index in [1.807, 2.05) is 6.20 Å². The van der Waals surface area contributed by atoms with Crippen molar-refractivity contribution >= 4 is 38.7 Å². The molecule has 2 aromatic heterocycles. The average molecular weight is 375 g/mol. The third-order valence-electron chi connectivity index (χ3n) is 3.79. The molecule has 0 spiro atoms. The Kier molecular flexibility index (Phi) is 4.89. The molecule has 3 rings (SSSR count). The van der Waals surface area contributed by atoms with Crippen molar-refractivity contribution in [3.05, 3.63) is 58.3 Å². The highest BCUT2D eigenvalue weighted by Gasteiger charge is 2.10. The Balaban J connectivity index is 2.05. The number of hydrogen-bond donors (Lipinski definition) is 0. The first-order chi connectivity index (χ1) is 10.7. The minimum atomic E-state index is 0.873. The van der Waals surface area contributed by atoms with Gasteiger partial charge in [-0.25, -0.2) is 4.98 Å². The number of fused-ring (bicyclic) bond motifs is 1. The first-order valence-corrected chi connectivity index (χ1v) is 9.49. The van der Waals surface area contributed by atoms with Crippen LogP contribution in [0, 0.1) is 0 Å². The van der Waals surface area contributed by atoms with E-state index in [1.54, 1.807) is 11.8 Å². The van der Waals surface area contributed by atoms with Crippen molar-refractivity contribution in [2.24, 2.45) is 0 Å². The summed E-state index contributed by atoms with van der Waals surface area (Å²) in [5.74, 6) is 0. The molecule has 1 aromatic carbocycles. The number of aromatic nitrogens is 2. The highest BCUT2D eigenvalue weighted by molar-refractivity contribution is 9.10. The van der Waals surface area contributed by atoms with Crippen LogP contribution in [-0.2, 0) is 13.0 Å². The number of rotatable bonds is 5. The number of thioether (sulfide) groups is 1. The number of benzene rings is 1. The van der Waals surface area contributed by atoms with E-state index in [2.05, 4.69) is 70.1 Å². The van der Waals surface area contributed by atoms with Crippen LogP contribution in [0.1, 0.15) is 24.6 Å². The SMILES string of the molecule is CCCc1cc2cc(SC)cnc2n1Cc1ccc(Br)cc1. The van der Waals surface area contributed by atoms with Crippen molar-refractivity contribution in [2.75, 3.05) is 6.26 Å². The zero-order valence-corrected chi connectivity index (χ0v) is 15.2. The summed E-state index contributed by atoms with van der Waals surface area (Å²) in [6.45, 7) is 3.10. The summed E-state index contributed by atoms with van der Waals surface area (Å²) in [7, 11) is 0. The highest BCUT2D eigenvalue weighted by Crippen LogP contribution is 2.25. The fourth-order valence-corrected chi connectivity index (χ4v) is 3.37. The molecule has 0 aliphatic heterocycles. The molecule has 0 N–H and O–H groups in total. The van der Waals surface area contributed by atoms with E-state index in [0.717, 1.165) is 29.5 Å². The van der Waals surface area contributed by atoms with Crippen LogP contribution >= 0.6 is 27.7 Å². The molecule has 22 heavy (non-hydrogen) atoms. The molecular formula is C18H19BrN2S. The average Bonchev–Trinajstić information content (AvgIpc) is 2.86. The molecule has 2 nitrogen and oxygen atoms in total. The molecule has 0 fully saturated rings. The van der Waals surface area contributed by atoms with Crippen LogP contribution in [0.25, 0.3) is 11.0 Å². The Hall–Kier alpha value is -1.26. The standard InChI is InChI=1S/C18H19BrN2S/c1-3-4-16-9-14-10-17(22-2)11-20-18(14)21(16)12-13-5-7-15(19)8-6-13/h5-11H,3-4,12H2,1-2H3. The zero-order valence-electron chi connectivity index (χ0n) is 12.8. The Morgan fingerprint density at radius 2 is 1.95 bits per heavy atom. The summed E-state index contributed by atoms with van der Waals surface area (Å²) in [5.41, 5.74) is 3.75. The monoisotopic (exact) mass is 374 g/mol. The van der Waals surface area contributed by atoms with E-state index in [4.69, 9.17) is 4.98 Å². The fraction of sp³-hybridized carbons (Fsp3) is 0.278. The van der Waals surface area contributed by atoms with Gasteiger partial charge in [-0.2, -0.15) is 0 Å². The van der Waals surface area contributed by atoms with Crippen LogP contribution in [0.5, 0.6) is 0 Å². The molecule has 4 heteroatoms. The van der Waals surface area contributed by atoms with Gasteiger partial charge in [0.1, 0.15) is 5.65 Å². The maximum atomic E-state index is 4.70. The molecule has 0 amide bonds. The van der Waals surface area contributed by atoms with Gasteiger partial charge >= 0.3 is 0 Å². The van der Waals surface area contributed by atoms with Crippen molar-refractivity contribution in [1.29, 1.82) is 0 Å². The van der Waals surface area contributed by atoms with Gasteiger partial charge in [-0.1, -0.05) is 41.4 Å². The van der Waals surface area contributed by atoms with Crippen molar-refractivity contribution in [3.8, 4) is 0 Å². The number of hydrogen-bond acceptors (Lipinski definition) is 2. The topological polar surface area (TPSA) is 17.8 Å². The van der Waals surface area contributed by atoms with Crippen LogP contribution in [0.2, 0.25) is 0 Å². The number of halogens is 1. The number of nitrogens with zero attached hydrogens (tertiary/aromatic N) is 2. The van der Waals surface area contributed by atoms with E-state index in [1.165, 1.54) is 21.5 Å². The lowest BCUT2D eigenvalue weighted by Gasteiger charge is -2.10. The second-order valence-electron chi connectivity index (χ2n) is 5.39. The first kappa shape index (κ1) is 15.6. The van der Waals surface area contributed by atoms with E-state index in [-0.39, 0.29) is 0 Å². The molecule has 0 atom stereocenters. The van der Waals surface area contributed by atoms with Crippen molar-refractivity contribution in [1.82, 2.24) is 9.55 Å². The predicted octanol–water partition coefficient (Wildman–Crippen LogP) is 5.52. The second-order valence-corrected chi connectivity index (χ2v) is 7.18. The van der Waals surface area contributed by atoms with Gasteiger partial charge in [0.15, 0.2) is 0 Å². The molecule has 0 radical (unpaired) electrons. The van der Waals surface area contributed by atoms with Gasteiger partial charge in [0.05, 0.1) is 0 Å². The smallest absolute Gasteiger partial charge is 0.140 e. The molecule has 0 bridgehead atoms. The minimum absolute atomic E-state index is 0.873. The molecule has 0 unspecified atom stereocenters. The lowest BCUT2D eigenvalue weighted by molar-refractivity contribution is 0.739. The molecular weight excluding hydrogens is 356 g/mol. The summed E-state index contributed by atoms with van der Waals surface area (Å²) in [6, 6.07) is 13.1. The molecule has 0 saturated heterocycles. The Morgan fingerprint density at radius 3 is 2.64 bits per heavy atom. The largest absolute Gasteiger partial charge is 0.325 e. The van der Waals surface area contributed by atoms with E-state index < -0.39 is 0 Å². The Morgan fingerprint density at radius 1 is 1.18 bits per heavy atom. The number of pyridine rings is 1. The Bertz CT molecular complexity index is 778. The van der Waals surface area contributed by atoms with E-state index >= 15 is 0 Å². The summed E-state index contributed by atoms with van der Waals surface area (Å²) in [4.78, 5) is 5.92. The molecule has 0 aliphatic rings. The van der Waals surface area contributed by atoms with Gasteiger partial charge < -0.3 is 4.57 Å². The summed E-state index contributed by atoms with van der Waals surface area (Å²) < 4.78 is 3.47. The van der Waals surface area contributed by atoms with Crippen LogP contribution in [0.4, 0.5) is 0 Å². The van der Waals surface area contributed by atoms with Crippen LogP contribution in [-0.4, -0.2) is 15.8 Å². The van der Waals surface area contributed by atoms with E-state index in [0.29, 0.717) is 0 Å². The van der Waals surface area contributed by atoms with Gasteiger partial charge in [0, 0.05) is 33.2 Å². The van der Waals surface area contributed by atoms with Gasteiger partial charge in [-0.05, 0) is 42.5 Å². The lowest BCUT2D eigenvalue weighted by Crippen LogP contribution is -2.05.